The van der Waals surface area contributed by atoms with Gasteiger partial charge in [0.05, 0.1) is 10.9 Å². The molecule has 0 spiro atoms. The van der Waals surface area contributed by atoms with E-state index in [2.05, 4.69) is 12.2 Å². The van der Waals surface area contributed by atoms with E-state index in [1.165, 1.54) is 20.8 Å². The number of rotatable bonds is 4. The van der Waals surface area contributed by atoms with Crippen molar-refractivity contribution >= 4 is 23.1 Å². The monoisotopic (exact) mass is 256 g/mol. The summed E-state index contributed by atoms with van der Waals surface area (Å²) in [6.07, 6.45) is -4.42. The van der Waals surface area contributed by atoms with Crippen LogP contribution in [0.25, 0.3) is 0 Å². The van der Waals surface area contributed by atoms with E-state index in [1.54, 1.807) is 0 Å². The molecular formula is C9H15F3N2OS. The average Bonchev–Trinajstić information content (AvgIpc) is 2.09. The molecule has 3 nitrogen and oxygen atoms in total. The third kappa shape index (κ3) is 4.78. The van der Waals surface area contributed by atoms with Crippen LogP contribution in [0.2, 0.25) is 0 Å². The van der Waals surface area contributed by atoms with Crippen LogP contribution in [0.4, 0.5) is 13.2 Å². The molecule has 0 aliphatic rings. The first-order valence-corrected chi connectivity index (χ1v) is 5.13. The number of halogens is 3. The van der Waals surface area contributed by atoms with Gasteiger partial charge in [-0.05, 0) is 20.8 Å². The summed E-state index contributed by atoms with van der Waals surface area (Å²) in [5.41, 5.74) is 5.24. The van der Waals surface area contributed by atoms with Crippen molar-refractivity contribution in [3.05, 3.63) is 0 Å². The number of hydrogen-bond donors (Lipinski definition) is 1. The SMILES string of the molecule is CC(C(=O)N(CC(F)(F)F)C(C)C)C(N)=S. The van der Waals surface area contributed by atoms with E-state index in [0.717, 1.165) is 4.90 Å². The van der Waals surface area contributed by atoms with Crippen LogP contribution < -0.4 is 5.73 Å². The molecule has 1 unspecified atom stereocenters. The van der Waals surface area contributed by atoms with Crippen molar-refractivity contribution in [2.45, 2.75) is 33.0 Å². The third-order valence-electron chi connectivity index (χ3n) is 2.05. The maximum absolute atomic E-state index is 12.2. The number of alkyl halides is 3. The minimum Gasteiger partial charge on any atom is -0.393 e. The summed E-state index contributed by atoms with van der Waals surface area (Å²) in [4.78, 5) is 12.3. The van der Waals surface area contributed by atoms with Crippen molar-refractivity contribution in [1.82, 2.24) is 4.90 Å². The van der Waals surface area contributed by atoms with Gasteiger partial charge in [0.25, 0.3) is 0 Å². The summed E-state index contributed by atoms with van der Waals surface area (Å²) in [6, 6.07) is -0.550. The summed E-state index contributed by atoms with van der Waals surface area (Å²) in [7, 11) is 0. The van der Waals surface area contributed by atoms with E-state index in [1.807, 2.05) is 0 Å². The minimum atomic E-state index is -4.42. The lowest BCUT2D eigenvalue weighted by Gasteiger charge is -2.29. The maximum Gasteiger partial charge on any atom is 0.406 e. The number of carbonyl (C=O) groups excluding carboxylic acids is 1. The van der Waals surface area contributed by atoms with Crippen LogP contribution in [0.15, 0.2) is 0 Å². The van der Waals surface area contributed by atoms with Gasteiger partial charge in [-0.15, -0.1) is 0 Å². The predicted octanol–water partition coefficient (Wildman–Crippen LogP) is 1.71. The van der Waals surface area contributed by atoms with Crippen molar-refractivity contribution in [3.8, 4) is 0 Å². The average molecular weight is 256 g/mol. The largest absolute Gasteiger partial charge is 0.406 e. The van der Waals surface area contributed by atoms with Crippen molar-refractivity contribution in [3.63, 3.8) is 0 Å². The number of carbonyl (C=O) groups is 1. The summed E-state index contributed by atoms with van der Waals surface area (Å²) >= 11 is 4.59. The molecule has 0 radical (unpaired) electrons. The highest BCUT2D eigenvalue weighted by Gasteiger charge is 2.36. The van der Waals surface area contributed by atoms with Gasteiger partial charge in [0.15, 0.2) is 0 Å². The van der Waals surface area contributed by atoms with Gasteiger partial charge in [0, 0.05) is 6.04 Å². The molecule has 0 rings (SSSR count). The van der Waals surface area contributed by atoms with Crippen molar-refractivity contribution in [2.24, 2.45) is 11.7 Å². The normalized spacial score (nSPS) is 13.7. The Hall–Kier alpha value is -0.850. The van der Waals surface area contributed by atoms with Crippen LogP contribution in [-0.4, -0.2) is 34.6 Å². The van der Waals surface area contributed by atoms with Gasteiger partial charge in [0.2, 0.25) is 5.91 Å². The first kappa shape index (κ1) is 15.2. The van der Waals surface area contributed by atoms with Crippen molar-refractivity contribution < 1.29 is 18.0 Å². The molecule has 0 heterocycles. The van der Waals surface area contributed by atoms with E-state index >= 15 is 0 Å². The zero-order valence-electron chi connectivity index (χ0n) is 9.34. The minimum absolute atomic E-state index is 0.0992. The fraction of sp³-hybridized carbons (Fsp3) is 0.778. The lowest BCUT2D eigenvalue weighted by Crippen LogP contribution is -2.47. The second kappa shape index (κ2) is 5.47. The third-order valence-corrected chi connectivity index (χ3v) is 2.41. The molecule has 0 saturated carbocycles. The highest BCUT2D eigenvalue weighted by atomic mass is 32.1. The number of thiocarbonyl (C=S) groups is 1. The van der Waals surface area contributed by atoms with Crippen LogP contribution in [0.3, 0.4) is 0 Å². The highest BCUT2D eigenvalue weighted by Crippen LogP contribution is 2.19. The van der Waals surface area contributed by atoms with Crippen molar-refractivity contribution in [2.75, 3.05) is 6.54 Å². The Morgan fingerprint density at radius 3 is 2.06 bits per heavy atom. The van der Waals surface area contributed by atoms with Crippen LogP contribution in [-0.2, 0) is 4.79 Å². The smallest absolute Gasteiger partial charge is 0.393 e. The van der Waals surface area contributed by atoms with Gasteiger partial charge in [-0.1, -0.05) is 12.2 Å². The Morgan fingerprint density at radius 1 is 1.38 bits per heavy atom. The predicted molar refractivity (Wildman–Crippen MR) is 58.9 cm³/mol. The zero-order chi connectivity index (χ0) is 13.1. The number of nitrogens with zero attached hydrogens (tertiary/aromatic N) is 1. The van der Waals surface area contributed by atoms with Gasteiger partial charge in [-0.25, -0.2) is 0 Å². The van der Waals surface area contributed by atoms with E-state index in [0.29, 0.717) is 0 Å². The van der Waals surface area contributed by atoms with E-state index < -0.39 is 30.6 Å². The lowest BCUT2D eigenvalue weighted by atomic mass is 10.1. The lowest BCUT2D eigenvalue weighted by molar-refractivity contribution is -0.165. The maximum atomic E-state index is 12.2. The van der Waals surface area contributed by atoms with Gasteiger partial charge in [-0.3, -0.25) is 4.79 Å². The summed E-state index contributed by atoms with van der Waals surface area (Å²) < 4.78 is 36.7. The molecule has 16 heavy (non-hydrogen) atoms. The molecule has 94 valence electrons. The Bertz CT molecular complexity index is 278. The molecule has 0 aromatic heterocycles. The quantitative estimate of drug-likeness (QED) is 0.779. The fourth-order valence-corrected chi connectivity index (χ4v) is 1.18. The molecule has 7 heteroatoms. The first-order valence-electron chi connectivity index (χ1n) is 4.72. The summed E-state index contributed by atoms with van der Waals surface area (Å²) in [5, 5.41) is 0. The molecule has 0 aliphatic heterocycles. The molecule has 0 saturated heterocycles. The van der Waals surface area contributed by atoms with Crippen LogP contribution >= 0.6 is 12.2 Å². The molecule has 2 N–H and O–H groups in total. The molecule has 1 atom stereocenters. The highest BCUT2D eigenvalue weighted by molar-refractivity contribution is 7.80. The first-order chi connectivity index (χ1) is 7.06. The molecule has 1 amide bonds. The van der Waals surface area contributed by atoms with Gasteiger partial charge in [0.1, 0.15) is 6.54 Å². The fourth-order valence-electron chi connectivity index (χ4n) is 1.08. The van der Waals surface area contributed by atoms with Gasteiger partial charge in [-0.2, -0.15) is 13.2 Å². The second-order valence-corrected chi connectivity index (χ2v) is 4.27. The Morgan fingerprint density at radius 2 is 1.81 bits per heavy atom. The molecular weight excluding hydrogens is 241 g/mol. The Balaban J connectivity index is 4.80. The molecule has 0 aromatic carbocycles. The Kier molecular flexibility index (Phi) is 5.18. The number of amides is 1. The summed E-state index contributed by atoms with van der Waals surface area (Å²) in [5.74, 6) is -1.57. The topological polar surface area (TPSA) is 46.3 Å². The Labute approximate surface area is 97.8 Å². The van der Waals surface area contributed by atoms with E-state index in [9.17, 15) is 18.0 Å². The zero-order valence-corrected chi connectivity index (χ0v) is 10.2. The number of hydrogen-bond acceptors (Lipinski definition) is 2. The second-order valence-electron chi connectivity index (χ2n) is 3.80. The van der Waals surface area contributed by atoms with E-state index in [4.69, 9.17) is 5.73 Å². The van der Waals surface area contributed by atoms with Crippen LogP contribution in [0, 0.1) is 5.92 Å². The van der Waals surface area contributed by atoms with Crippen molar-refractivity contribution in [1.29, 1.82) is 0 Å². The van der Waals surface area contributed by atoms with E-state index in [-0.39, 0.29) is 4.99 Å². The standard InChI is InChI=1S/C9H15F3N2OS/c1-5(2)14(4-9(10,11)12)8(15)6(3)7(13)16/h5-6H,4H2,1-3H3,(H2,13,16). The van der Waals surface area contributed by atoms with Crippen LogP contribution in [0.1, 0.15) is 20.8 Å². The number of nitrogens with two attached hydrogens (primary N) is 1. The van der Waals surface area contributed by atoms with Gasteiger partial charge >= 0.3 is 6.18 Å². The summed E-state index contributed by atoms with van der Waals surface area (Å²) in [6.45, 7) is 3.14. The molecule has 0 fully saturated rings. The van der Waals surface area contributed by atoms with Crippen LogP contribution in [0.5, 0.6) is 0 Å². The molecule has 0 bridgehead atoms. The molecule has 0 aromatic rings. The van der Waals surface area contributed by atoms with Gasteiger partial charge < -0.3 is 10.6 Å². The molecule has 0 aliphatic carbocycles.